The summed E-state index contributed by atoms with van der Waals surface area (Å²) in [6.07, 6.45) is 0. The topological polar surface area (TPSA) is 52.6 Å². The predicted molar refractivity (Wildman–Crippen MR) is 62.7 cm³/mol. The predicted octanol–water partition coefficient (Wildman–Crippen LogP) is 0.637. The van der Waals surface area contributed by atoms with E-state index in [-0.39, 0.29) is 18.6 Å². The highest BCUT2D eigenvalue weighted by atomic mass is 35.5. The lowest BCUT2D eigenvalue weighted by molar-refractivity contribution is -0.121. The molecule has 0 radical (unpaired) electrons. The van der Waals surface area contributed by atoms with Crippen molar-refractivity contribution in [2.45, 2.75) is 6.04 Å². The Labute approximate surface area is 98.8 Å². The second-order valence-electron chi connectivity index (χ2n) is 3.80. The molecule has 1 aromatic carbocycles. The van der Waals surface area contributed by atoms with E-state index in [0.717, 1.165) is 5.69 Å². The zero-order chi connectivity index (χ0) is 11.5. The Morgan fingerprint density at radius 2 is 2.12 bits per heavy atom. The van der Waals surface area contributed by atoms with Crippen LogP contribution in [0.1, 0.15) is 0 Å². The van der Waals surface area contributed by atoms with E-state index >= 15 is 0 Å². The van der Waals surface area contributed by atoms with Gasteiger partial charge in [-0.1, -0.05) is 11.6 Å². The summed E-state index contributed by atoms with van der Waals surface area (Å²) in [7, 11) is 0. The van der Waals surface area contributed by atoms with Crippen LogP contribution in [0.4, 0.5) is 5.69 Å². The number of benzene rings is 1. The molecule has 5 heteroatoms. The zero-order valence-corrected chi connectivity index (χ0v) is 9.44. The molecule has 1 heterocycles. The van der Waals surface area contributed by atoms with Crippen LogP contribution in [0, 0.1) is 0 Å². The number of halogens is 1. The standard InChI is InChI=1S/C11H13ClN2O2/c12-8-1-3-10(4-2-8)14-5-9(7-15)13-11(16)6-14/h1-4,9,15H,5-7H2,(H,13,16). The number of hydrogen-bond acceptors (Lipinski definition) is 3. The Balaban J connectivity index is 2.14. The van der Waals surface area contributed by atoms with E-state index < -0.39 is 0 Å². The number of amides is 1. The van der Waals surface area contributed by atoms with E-state index in [0.29, 0.717) is 18.1 Å². The summed E-state index contributed by atoms with van der Waals surface area (Å²) in [5.41, 5.74) is 0.942. The van der Waals surface area contributed by atoms with Gasteiger partial charge in [-0.3, -0.25) is 4.79 Å². The average Bonchev–Trinajstić information content (AvgIpc) is 2.29. The van der Waals surface area contributed by atoms with Gasteiger partial charge in [-0.2, -0.15) is 0 Å². The maximum absolute atomic E-state index is 11.4. The van der Waals surface area contributed by atoms with E-state index in [1.165, 1.54) is 0 Å². The lowest BCUT2D eigenvalue weighted by atomic mass is 10.2. The second kappa shape index (κ2) is 4.72. The third-order valence-electron chi connectivity index (χ3n) is 2.55. The van der Waals surface area contributed by atoms with Gasteiger partial charge in [-0.05, 0) is 24.3 Å². The molecule has 0 bridgehead atoms. The maximum Gasteiger partial charge on any atom is 0.239 e. The van der Waals surface area contributed by atoms with E-state index in [1.807, 2.05) is 17.0 Å². The number of carbonyl (C=O) groups excluding carboxylic acids is 1. The molecule has 1 amide bonds. The number of hydrogen-bond donors (Lipinski definition) is 2. The van der Waals surface area contributed by atoms with Gasteiger partial charge in [0.25, 0.3) is 0 Å². The zero-order valence-electron chi connectivity index (χ0n) is 8.69. The van der Waals surface area contributed by atoms with Gasteiger partial charge in [0, 0.05) is 17.3 Å². The minimum absolute atomic E-state index is 0.0458. The first-order valence-corrected chi connectivity index (χ1v) is 5.47. The highest BCUT2D eigenvalue weighted by molar-refractivity contribution is 6.30. The molecule has 1 saturated heterocycles. The molecule has 16 heavy (non-hydrogen) atoms. The van der Waals surface area contributed by atoms with Gasteiger partial charge < -0.3 is 15.3 Å². The molecule has 0 aromatic heterocycles. The number of piperazine rings is 1. The van der Waals surface area contributed by atoms with Crippen molar-refractivity contribution in [1.29, 1.82) is 0 Å². The molecule has 1 aliphatic heterocycles. The van der Waals surface area contributed by atoms with Crippen molar-refractivity contribution in [2.75, 3.05) is 24.6 Å². The fourth-order valence-electron chi connectivity index (χ4n) is 1.77. The van der Waals surface area contributed by atoms with Gasteiger partial charge in [0.2, 0.25) is 5.91 Å². The molecular weight excluding hydrogens is 228 g/mol. The van der Waals surface area contributed by atoms with Crippen LogP contribution < -0.4 is 10.2 Å². The molecule has 1 atom stereocenters. The largest absolute Gasteiger partial charge is 0.394 e. The summed E-state index contributed by atoms with van der Waals surface area (Å²) >= 11 is 5.80. The summed E-state index contributed by atoms with van der Waals surface area (Å²) in [6.45, 7) is 0.887. The quantitative estimate of drug-likeness (QED) is 0.798. The average molecular weight is 241 g/mol. The minimum atomic E-state index is -0.197. The van der Waals surface area contributed by atoms with Gasteiger partial charge in [-0.15, -0.1) is 0 Å². The molecular formula is C11H13ClN2O2. The molecule has 1 unspecified atom stereocenters. The van der Waals surface area contributed by atoms with Gasteiger partial charge in [0.05, 0.1) is 19.2 Å². The Morgan fingerprint density at radius 1 is 1.44 bits per heavy atom. The third-order valence-corrected chi connectivity index (χ3v) is 2.80. The van der Waals surface area contributed by atoms with Crippen LogP contribution in [0.5, 0.6) is 0 Å². The molecule has 2 N–H and O–H groups in total. The monoisotopic (exact) mass is 240 g/mol. The van der Waals surface area contributed by atoms with Crippen LogP contribution in [0.25, 0.3) is 0 Å². The normalized spacial score (nSPS) is 20.8. The smallest absolute Gasteiger partial charge is 0.239 e. The molecule has 4 nitrogen and oxygen atoms in total. The summed E-state index contributed by atoms with van der Waals surface area (Å²) in [4.78, 5) is 13.3. The number of anilines is 1. The molecule has 1 aromatic rings. The Hall–Kier alpha value is -1.26. The van der Waals surface area contributed by atoms with Crippen LogP contribution in [-0.2, 0) is 4.79 Å². The van der Waals surface area contributed by atoms with Crippen molar-refractivity contribution < 1.29 is 9.90 Å². The van der Waals surface area contributed by atoms with Crippen molar-refractivity contribution in [2.24, 2.45) is 0 Å². The molecule has 86 valence electrons. The van der Waals surface area contributed by atoms with Crippen LogP contribution in [0.3, 0.4) is 0 Å². The lowest BCUT2D eigenvalue weighted by Crippen LogP contribution is -2.55. The van der Waals surface area contributed by atoms with Crippen molar-refractivity contribution in [3.63, 3.8) is 0 Å². The summed E-state index contributed by atoms with van der Waals surface area (Å²) < 4.78 is 0. The molecule has 0 saturated carbocycles. The summed E-state index contributed by atoms with van der Waals surface area (Å²) in [5.74, 6) is -0.0692. The number of aliphatic hydroxyl groups is 1. The first kappa shape index (κ1) is 11.2. The third kappa shape index (κ3) is 2.46. The van der Waals surface area contributed by atoms with Gasteiger partial charge >= 0.3 is 0 Å². The highest BCUT2D eigenvalue weighted by Gasteiger charge is 2.23. The Morgan fingerprint density at radius 3 is 2.75 bits per heavy atom. The number of rotatable bonds is 2. The van der Waals surface area contributed by atoms with Crippen molar-refractivity contribution >= 4 is 23.2 Å². The molecule has 2 rings (SSSR count). The minimum Gasteiger partial charge on any atom is -0.394 e. The SMILES string of the molecule is O=C1CN(c2ccc(Cl)cc2)CC(CO)N1. The fourth-order valence-corrected chi connectivity index (χ4v) is 1.90. The first-order valence-electron chi connectivity index (χ1n) is 5.10. The maximum atomic E-state index is 11.4. The van der Waals surface area contributed by atoms with E-state index in [2.05, 4.69) is 5.32 Å². The molecule has 1 fully saturated rings. The van der Waals surface area contributed by atoms with E-state index in [9.17, 15) is 4.79 Å². The van der Waals surface area contributed by atoms with Crippen molar-refractivity contribution in [3.05, 3.63) is 29.3 Å². The molecule has 1 aliphatic rings. The first-order chi connectivity index (χ1) is 7.69. The van der Waals surface area contributed by atoms with Crippen LogP contribution in [-0.4, -0.2) is 36.8 Å². The molecule has 0 spiro atoms. The van der Waals surface area contributed by atoms with Crippen molar-refractivity contribution in [3.8, 4) is 0 Å². The summed E-state index contributed by atoms with van der Waals surface area (Å²) in [6, 6.07) is 7.12. The number of nitrogens with one attached hydrogen (secondary N) is 1. The number of nitrogens with zero attached hydrogens (tertiary/aromatic N) is 1. The number of carbonyl (C=O) groups is 1. The van der Waals surface area contributed by atoms with Crippen LogP contribution in [0.2, 0.25) is 5.02 Å². The van der Waals surface area contributed by atoms with E-state index in [1.54, 1.807) is 12.1 Å². The lowest BCUT2D eigenvalue weighted by Gasteiger charge is -2.33. The summed E-state index contributed by atoms with van der Waals surface area (Å²) in [5, 5.41) is 12.4. The van der Waals surface area contributed by atoms with Gasteiger partial charge in [0.15, 0.2) is 0 Å². The second-order valence-corrected chi connectivity index (χ2v) is 4.24. The van der Waals surface area contributed by atoms with Crippen LogP contribution >= 0.6 is 11.6 Å². The van der Waals surface area contributed by atoms with Crippen LogP contribution in [0.15, 0.2) is 24.3 Å². The van der Waals surface area contributed by atoms with Gasteiger partial charge in [-0.25, -0.2) is 0 Å². The number of aliphatic hydroxyl groups excluding tert-OH is 1. The van der Waals surface area contributed by atoms with Crippen molar-refractivity contribution in [1.82, 2.24) is 5.32 Å². The fraction of sp³-hybridized carbons (Fsp3) is 0.364. The Bertz CT molecular complexity index is 380. The molecule has 0 aliphatic carbocycles. The van der Waals surface area contributed by atoms with Gasteiger partial charge in [0.1, 0.15) is 0 Å². The van der Waals surface area contributed by atoms with E-state index in [4.69, 9.17) is 16.7 Å². The Kier molecular flexibility index (Phi) is 3.31. The highest BCUT2D eigenvalue weighted by Crippen LogP contribution is 2.19.